The second kappa shape index (κ2) is 5.37. The molecule has 1 aliphatic carbocycles. The number of aromatic nitrogens is 2. The zero-order chi connectivity index (χ0) is 18.0. The van der Waals surface area contributed by atoms with Crippen molar-refractivity contribution in [3.05, 3.63) is 83.6 Å². The molecule has 0 fully saturated rings. The molecule has 0 spiro atoms. The number of nitrogens with one attached hydrogen (secondary N) is 2. The summed E-state index contributed by atoms with van der Waals surface area (Å²) in [5.41, 5.74) is 9.12. The van der Waals surface area contributed by atoms with Crippen LogP contribution in [-0.4, -0.2) is 9.97 Å². The molecule has 6 rings (SSSR count). The van der Waals surface area contributed by atoms with Gasteiger partial charge in [-0.2, -0.15) is 0 Å². The topological polar surface area (TPSA) is 31.6 Å². The van der Waals surface area contributed by atoms with E-state index >= 15 is 0 Å². The van der Waals surface area contributed by atoms with E-state index < -0.39 is 0 Å². The van der Waals surface area contributed by atoms with Gasteiger partial charge in [0.25, 0.3) is 0 Å². The number of aromatic amines is 2. The molecule has 2 aromatic heterocycles. The van der Waals surface area contributed by atoms with E-state index in [1.165, 1.54) is 55.1 Å². The van der Waals surface area contributed by atoms with E-state index in [9.17, 15) is 0 Å². The van der Waals surface area contributed by atoms with Crippen molar-refractivity contribution in [2.75, 3.05) is 0 Å². The van der Waals surface area contributed by atoms with E-state index in [0.29, 0.717) is 5.92 Å². The maximum atomic E-state index is 3.64. The lowest BCUT2D eigenvalue weighted by Gasteiger charge is -2.20. The molecule has 2 nitrogen and oxygen atoms in total. The fourth-order valence-electron chi connectivity index (χ4n) is 4.64. The number of allylic oxidation sites excluding steroid dienone is 1. The van der Waals surface area contributed by atoms with Crippen molar-refractivity contribution in [3.63, 3.8) is 0 Å². The number of fused-ring (bicyclic) bond motifs is 6. The maximum Gasteiger partial charge on any atom is 0.0465 e. The Balaban J connectivity index is 1.57. The third-order valence-corrected chi connectivity index (χ3v) is 5.99. The summed E-state index contributed by atoms with van der Waals surface area (Å²) in [7, 11) is 0. The van der Waals surface area contributed by atoms with Crippen LogP contribution in [0.3, 0.4) is 0 Å². The SMILES string of the molecule is CC1CC(c2ccc3[nH]c4ccccc4c3c2)=Cc2c1[nH]c1ccccc21. The zero-order valence-corrected chi connectivity index (χ0v) is 15.2. The van der Waals surface area contributed by atoms with Crippen molar-refractivity contribution in [3.8, 4) is 0 Å². The fraction of sp³-hybridized carbons (Fsp3) is 0.120. The van der Waals surface area contributed by atoms with Crippen molar-refractivity contribution < 1.29 is 0 Å². The molecule has 3 aromatic carbocycles. The highest BCUT2D eigenvalue weighted by atomic mass is 14.7. The molecule has 0 amide bonds. The molecule has 0 bridgehead atoms. The first-order valence-corrected chi connectivity index (χ1v) is 9.60. The van der Waals surface area contributed by atoms with Crippen molar-refractivity contribution >= 4 is 44.4 Å². The highest BCUT2D eigenvalue weighted by molar-refractivity contribution is 6.08. The Bertz CT molecular complexity index is 1360. The van der Waals surface area contributed by atoms with E-state index in [-0.39, 0.29) is 0 Å². The van der Waals surface area contributed by atoms with Gasteiger partial charge < -0.3 is 9.97 Å². The molecule has 27 heavy (non-hydrogen) atoms. The van der Waals surface area contributed by atoms with E-state index in [1.54, 1.807) is 0 Å². The van der Waals surface area contributed by atoms with Gasteiger partial charge in [0.2, 0.25) is 0 Å². The first-order chi connectivity index (χ1) is 13.3. The van der Waals surface area contributed by atoms with Gasteiger partial charge in [0, 0.05) is 49.9 Å². The first kappa shape index (κ1) is 14.9. The molecule has 130 valence electrons. The Kier molecular flexibility index (Phi) is 2.96. The molecular formula is C25H20N2. The minimum absolute atomic E-state index is 0.492. The molecule has 0 aliphatic heterocycles. The summed E-state index contributed by atoms with van der Waals surface area (Å²) >= 11 is 0. The average molecular weight is 348 g/mol. The third kappa shape index (κ3) is 2.13. The van der Waals surface area contributed by atoms with Gasteiger partial charge in [-0.15, -0.1) is 0 Å². The molecule has 1 atom stereocenters. The normalized spacial score (nSPS) is 16.8. The average Bonchev–Trinajstić information content (AvgIpc) is 3.26. The minimum Gasteiger partial charge on any atom is -0.358 e. The molecule has 0 saturated heterocycles. The monoisotopic (exact) mass is 348 g/mol. The number of rotatable bonds is 1. The third-order valence-electron chi connectivity index (χ3n) is 5.99. The van der Waals surface area contributed by atoms with E-state index in [1.807, 2.05) is 0 Å². The Labute approximate surface area is 157 Å². The lowest BCUT2D eigenvalue weighted by molar-refractivity contribution is 0.761. The summed E-state index contributed by atoms with van der Waals surface area (Å²) in [5, 5.41) is 3.93. The predicted octanol–water partition coefficient (Wildman–Crippen LogP) is 6.85. The quantitative estimate of drug-likeness (QED) is 0.332. The van der Waals surface area contributed by atoms with Crippen LogP contribution in [0.1, 0.15) is 36.1 Å². The van der Waals surface area contributed by atoms with Crippen molar-refractivity contribution in [1.82, 2.24) is 9.97 Å². The summed E-state index contributed by atoms with van der Waals surface area (Å²) in [6.45, 7) is 2.32. The van der Waals surface area contributed by atoms with Gasteiger partial charge in [-0.25, -0.2) is 0 Å². The lowest BCUT2D eigenvalue weighted by atomic mass is 9.85. The largest absolute Gasteiger partial charge is 0.358 e. The van der Waals surface area contributed by atoms with Crippen LogP contribution in [0.25, 0.3) is 44.4 Å². The second-order valence-corrected chi connectivity index (χ2v) is 7.70. The first-order valence-electron chi connectivity index (χ1n) is 9.60. The maximum absolute atomic E-state index is 3.64. The molecule has 2 heterocycles. The van der Waals surface area contributed by atoms with Gasteiger partial charge in [-0.1, -0.05) is 49.4 Å². The molecule has 1 unspecified atom stereocenters. The van der Waals surface area contributed by atoms with Crippen molar-refractivity contribution in [1.29, 1.82) is 0 Å². The molecular weight excluding hydrogens is 328 g/mol. The molecule has 1 aliphatic rings. The molecule has 2 heteroatoms. The van der Waals surface area contributed by atoms with Gasteiger partial charge >= 0.3 is 0 Å². The van der Waals surface area contributed by atoms with Crippen LogP contribution in [0.5, 0.6) is 0 Å². The lowest BCUT2D eigenvalue weighted by Crippen LogP contribution is -2.03. The van der Waals surface area contributed by atoms with E-state index in [0.717, 1.165) is 6.42 Å². The van der Waals surface area contributed by atoms with Crippen LogP contribution < -0.4 is 0 Å². The molecule has 0 saturated carbocycles. The molecule has 2 N–H and O–H groups in total. The smallest absolute Gasteiger partial charge is 0.0465 e. The van der Waals surface area contributed by atoms with Crippen LogP contribution >= 0.6 is 0 Å². The summed E-state index contributed by atoms with van der Waals surface area (Å²) in [6.07, 6.45) is 3.46. The Morgan fingerprint density at radius 3 is 2.30 bits per heavy atom. The number of benzene rings is 3. The molecule has 0 radical (unpaired) electrons. The number of para-hydroxylation sites is 2. The molecule has 5 aromatic rings. The van der Waals surface area contributed by atoms with Crippen molar-refractivity contribution in [2.45, 2.75) is 19.3 Å². The number of H-pyrrole nitrogens is 2. The van der Waals surface area contributed by atoms with E-state index in [4.69, 9.17) is 0 Å². The van der Waals surface area contributed by atoms with Gasteiger partial charge in [0.05, 0.1) is 0 Å². The summed E-state index contributed by atoms with van der Waals surface area (Å²) in [5.74, 6) is 0.492. The zero-order valence-electron chi connectivity index (χ0n) is 15.2. The van der Waals surface area contributed by atoms with E-state index in [2.05, 4.69) is 89.7 Å². The summed E-state index contributed by atoms with van der Waals surface area (Å²) in [4.78, 5) is 7.17. The minimum atomic E-state index is 0.492. The van der Waals surface area contributed by atoms with Crippen LogP contribution in [0.2, 0.25) is 0 Å². The van der Waals surface area contributed by atoms with Crippen LogP contribution in [-0.2, 0) is 0 Å². The number of hydrogen-bond acceptors (Lipinski definition) is 0. The Hall–Kier alpha value is -3.26. The highest BCUT2D eigenvalue weighted by Crippen LogP contribution is 2.41. The Morgan fingerprint density at radius 1 is 0.741 bits per heavy atom. The highest BCUT2D eigenvalue weighted by Gasteiger charge is 2.22. The second-order valence-electron chi connectivity index (χ2n) is 7.70. The van der Waals surface area contributed by atoms with Crippen LogP contribution in [0.15, 0.2) is 66.7 Å². The van der Waals surface area contributed by atoms with Gasteiger partial charge in [-0.05, 0) is 47.9 Å². The van der Waals surface area contributed by atoms with Gasteiger partial charge in [0.15, 0.2) is 0 Å². The summed E-state index contributed by atoms with van der Waals surface area (Å²) < 4.78 is 0. The van der Waals surface area contributed by atoms with Gasteiger partial charge in [0.1, 0.15) is 0 Å². The summed E-state index contributed by atoms with van der Waals surface area (Å²) in [6, 6.07) is 24.0. The Morgan fingerprint density at radius 2 is 1.44 bits per heavy atom. The van der Waals surface area contributed by atoms with Crippen LogP contribution in [0, 0.1) is 0 Å². The number of hydrogen-bond donors (Lipinski definition) is 2. The van der Waals surface area contributed by atoms with Crippen molar-refractivity contribution in [2.24, 2.45) is 0 Å². The standard InChI is InChI=1S/C25H20N2/c1-15-12-17(14-21-19-7-3-5-9-23(19)27-25(15)21)16-10-11-24-20(13-16)18-6-2-4-8-22(18)26-24/h2-11,13-15,26-27H,12H2,1H3. The fourth-order valence-corrected chi connectivity index (χ4v) is 4.64. The van der Waals surface area contributed by atoms with Crippen LogP contribution in [0.4, 0.5) is 0 Å². The predicted molar refractivity (Wildman–Crippen MR) is 115 cm³/mol. The van der Waals surface area contributed by atoms with Gasteiger partial charge in [-0.3, -0.25) is 0 Å².